The van der Waals surface area contributed by atoms with E-state index in [1.165, 1.54) is 0 Å². The van der Waals surface area contributed by atoms with Gasteiger partial charge >= 0.3 is 6.18 Å². The second-order valence-electron chi connectivity index (χ2n) is 5.01. The van der Waals surface area contributed by atoms with Crippen LogP contribution in [0, 0.1) is 10.1 Å². The van der Waals surface area contributed by atoms with Gasteiger partial charge in [0.25, 0.3) is 5.69 Å². The highest BCUT2D eigenvalue weighted by Crippen LogP contribution is 2.36. The molecule has 2 rings (SSSR count). The van der Waals surface area contributed by atoms with E-state index in [1.54, 1.807) is 4.90 Å². The van der Waals surface area contributed by atoms with Gasteiger partial charge < -0.3 is 22.4 Å². The number of rotatable bonds is 4. The molecule has 0 aromatic heterocycles. The average Bonchev–Trinajstić information content (AvgIpc) is 2.47. The molecule has 0 amide bonds. The number of nitro benzene ring substituents is 1. The van der Waals surface area contributed by atoms with Crippen LogP contribution in [-0.4, -0.2) is 54.3 Å². The maximum atomic E-state index is 12.7. The third kappa shape index (κ3) is 4.69. The van der Waals surface area contributed by atoms with Gasteiger partial charge in [0.15, 0.2) is 0 Å². The summed E-state index contributed by atoms with van der Waals surface area (Å²) in [6.07, 6.45) is -4.61. The van der Waals surface area contributed by atoms with Crippen molar-refractivity contribution in [1.82, 2.24) is 4.90 Å². The van der Waals surface area contributed by atoms with Crippen LogP contribution >= 0.6 is 0 Å². The fourth-order valence-electron chi connectivity index (χ4n) is 2.47. The van der Waals surface area contributed by atoms with Gasteiger partial charge in [0.05, 0.1) is 17.1 Å². The molecular weight excluding hydrogens is 339 g/mol. The first-order valence-electron chi connectivity index (χ1n) is 6.76. The van der Waals surface area contributed by atoms with Crippen molar-refractivity contribution in [1.29, 1.82) is 0 Å². The Labute approximate surface area is 137 Å². The third-order valence-corrected chi connectivity index (χ3v) is 3.63. The molecule has 6 nitrogen and oxygen atoms in total. The highest BCUT2D eigenvalue weighted by molar-refractivity contribution is 5.65. The molecule has 23 heavy (non-hydrogen) atoms. The molecule has 1 aromatic carbocycles. The van der Waals surface area contributed by atoms with Crippen LogP contribution in [0.2, 0.25) is 0 Å². The van der Waals surface area contributed by atoms with E-state index in [9.17, 15) is 23.3 Å². The third-order valence-electron chi connectivity index (χ3n) is 3.63. The minimum atomic E-state index is -4.61. The quantitative estimate of drug-likeness (QED) is 0.539. The number of hydrogen-bond donors (Lipinski definition) is 1. The van der Waals surface area contributed by atoms with Gasteiger partial charge in [-0.3, -0.25) is 15.0 Å². The molecule has 1 aromatic rings. The van der Waals surface area contributed by atoms with Crippen molar-refractivity contribution in [2.45, 2.75) is 6.18 Å². The SMILES string of the molecule is O=[N+]([O-])c1cc(C(F)(F)F)ccc1N1CCN(CCO)CC1.[Cl-]. The standard InChI is InChI=1S/C13H16F3N3O3.ClH/c14-13(15,16)10-1-2-11(12(9-10)19(21)22)18-5-3-17(4-6-18)7-8-20;/h1-2,9,20H,3-8H2;1H/p-1. The van der Waals surface area contributed by atoms with Gasteiger partial charge in [-0.1, -0.05) is 0 Å². The van der Waals surface area contributed by atoms with E-state index < -0.39 is 22.4 Å². The Hall–Kier alpha value is -1.58. The molecule has 0 bridgehead atoms. The Morgan fingerprint density at radius 2 is 1.83 bits per heavy atom. The van der Waals surface area contributed by atoms with E-state index in [-0.39, 0.29) is 24.7 Å². The molecule has 130 valence electrons. The van der Waals surface area contributed by atoms with Crippen molar-refractivity contribution in [3.05, 3.63) is 33.9 Å². The fraction of sp³-hybridized carbons (Fsp3) is 0.538. The molecule has 1 N–H and O–H groups in total. The van der Waals surface area contributed by atoms with Crippen molar-refractivity contribution in [2.75, 3.05) is 44.2 Å². The number of benzene rings is 1. The van der Waals surface area contributed by atoms with E-state index >= 15 is 0 Å². The topological polar surface area (TPSA) is 69.9 Å². The Morgan fingerprint density at radius 3 is 2.30 bits per heavy atom. The Balaban J connectivity index is 0.00000264. The zero-order valence-electron chi connectivity index (χ0n) is 12.1. The van der Waals surface area contributed by atoms with E-state index in [0.717, 1.165) is 12.1 Å². The summed E-state index contributed by atoms with van der Waals surface area (Å²) in [5.74, 6) is 0. The molecule has 0 saturated carbocycles. The largest absolute Gasteiger partial charge is 1.00 e. The van der Waals surface area contributed by atoms with Crippen LogP contribution in [0.1, 0.15) is 5.56 Å². The maximum absolute atomic E-state index is 12.7. The van der Waals surface area contributed by atoms with Crippen LogP contribution < -0.4 is 17.3 Å². The average molecular weight is 355 g/mol. The minimum Gasteiger partial charge on any atom is -1.00 e. The molecule has 0 radical (unpaired) electrons. The minimum absolute atomic E-state index is 0. The maximum Gasteiger partial charge on any atom is 0.416 e. The number of hydrogen-bond acceptors (Lipinski definition) is 5. The molecule has 1 fully saturated rings. The summed E-state index contributed by atoms with van der Waals surface area (Å²) in [5, 5.41) is 20.0. The van der Waals surface area contributed by atoms with E-state index in [0.29, 0.717) is 38.8 Å². The number of piperazine rings is 1. The van der Waals surface area contributed by atoms with Crippen LogP contribution in [0.3, 0.4) is 0 Å². The van der Waals surface area contributed by atoms with Crippen LogP contribution in [0.5, 0.6) is 0 Å². The first kappa shape index (κ1) is 19.5. The summed E-state index contributed by atoms with van der Waals surface area (Å²) in [6.45, 7) is 2.67. The molecule has 1 aliphatic heterocycles. The lowest BCUT2D eigenvalue weighted by Crippen LogP contribution is -3.00. The van der Waals surface area contributed by atoms with Crippen LogP contribution in [0.25, 0.3) is 0 Å². The predicted octanol–water partition coefficient (Wildman–Crippen LogP) is -1.27. The summed E-state index contributed by atoms with van der Waals surface area (Å²) in [6, 6.07) is 2.60. The summed E-state index contributed by atoms with van der Waals surface area (Å²) >= 11 is 0. The molecule has 1 aliphatic rings. The number of nitro groups is 1. The van der Waals surface area contributed by atoms with Crippen molar-refractivity contribution in [2.24, 2.45) is 0 Å². The lowest BCUT2D eigenvalue weighted by molar-refractivity contribution is -0.384. The van der Waals surface area contributed by atoms with Crippen LogP contribution in [0.4, 0.5) is 24.5 Å². The number of nitrogens with zero attached hydrogens (tertiary/aromatic N) is 3. The Morgan fingerprint density at radius 1 is 1.22 bits per heavy atom. The smallest absolute Gasteiger partial charge is 0.416 e. The highest BCUT2D eigenvalue weighted by atomic mass is 35.5. The summed E-state index contributed by atoms with van der Waals surface area (Å²) in [5.41, 5.74) is -1.37. The molecule has 1 heterocycles. The fourth-order valence-corrected chi connectivity index (χ4v) is 2.47. The highest BCUT2D eigenvalue weighted by Gasteiger charge is 2.34. The van der Waals surface area contributed by atoms with Crippen molar-refractivity contribution in [3.63, 3.8) is 0 Å². The molecule has 10 heteroatoms. The second kappa shape index (κ2) is 7.80. The normalized spacial score (nSPS) is 16.1. The lowest BCUT2D eigenvalue weighted by atomic mass is 10.1. The molecule has 0 unspecified atom stereocenters. The Kier molecular flexibility index (Phi) is 6.60. The Bertz CT molecular complexity index is 549. The van der Waals surface area contributed by atoms with Crippen LogP contribution in [-0.2, 0) is 6.18 Å². The number of anilines is 1. The first-order chi connectivity index (χ1) is 10.3. The monoisotopic (exact) mass is 354 g/mol. The molecule has 1 saturated heterocycles. The first-order valence-corrected chi connectivity index (χ1v) is 6.76. The van der Waals surface area contributed by atoms with E-state index in [2.05, 4.69) is 0 Å². The molecule has 0 spiro atoms. The van der Waals surface area contributed by atoms with E-state index in [4.69, 9.17) is 5.11 Å². The van der Waals surface area contributed by atoms with Gasteiger partial charge in [0.2, 0.25) is 0 Å². The zero-order chi connectivity index (χ0) is 16.3. The molecule has 0 atom stereocenters. The number of β-amino-alcohol motifs (C(OH)–C–C–N with tert-alkyl or cyclic N) is 1. The van der Waals surface area contributed by atoms with Gasteiger partial charge in [0.1, 0.15) is 5.69 Å². The number of aliphatic hydroxyl groups is 1. The van der Waals surface area contributed by atoms with Gasteiger partial charge in [-0.25, -0.2) is 0 Å². The van der Waals surface area contributed by atoms with Crippen molar-refractivity contribution in [3.8, 4) is 0 Å². The zero-order valence-corrected chi connectivity index (χ0v) is 12.8. The van der Waals surface area contributed by atoms with Gasteiger partial charge in [0, 0.05) is 38.8 Å². The summed E-state index contributed by atoms with van der Waals surface area (Å²) < 4.78 is 38.0. The number of halogens is 4. The molecular formula is C13H16ClF3N3O3-. The number of alkyl halides is 3. The summed E-state index contributed by atoms with van der Waals surface area (Å²) in [7, 11) is 0. The lowest BCUT2D eigenvalue weighted by Gasteiger charge is -2.35. The number of aliphatic hydroxyl groups excluding tert-OH is 1. The van der Waals surface area contributed by atoms with Crippen molar-refractivity contribution >= 4 is 11.4 Å². The molecule has 0 aliphatic carbocycles. The second-order valence-corrected chi connectivity index (χ2v) is 5.01. The van der Waals surface area contributed by atoms with Crippen molar-refractivity contribution < 1.29 is 35.6 Å². The van der Waals surface area contributed by atoms with E-state index in [1.807, 2.05) is 4.90 Å². The predicted molar refractivity (Wildman–Crippen MR) is 73.8 cm³/mol. The van der Waals surface area contributed by atoms with Gasteiger partial charge in [-0.2, -0.15) is 13.2 Å². The van der Waals surface area contributed by atoms with Gasteiger partial charge in [-0.15, -0.1) is 0 Å². The summed E-state index contributed by atoms with van der Waals surface area (Å²) in [4.78, 5) is 14.0. The van der Waals surface area contributed by atoms with Crippen LogP contribution in [0.15, 0.2) is 18.2 Å². The van der Waals surface area contributed by atoms with Gasteiger partial charge in [-0.05, 0) is 12.1 Å².